The van der Waals surface area contributed by atoms with Gasteiger partial charge in [0.2, 0.25) is 5.13 Å². The average Bonchev–Trinajstić information content (AvgIpc) is 3.28. The Bertz CT molecular complexity index is 1080. The number of imidazole rings is 1. The van der Waals surface area contributed by atoms with E-state index in [1.165, 1.54) is 18.4 Å². The van der Waals surface area contributed by atoms with Crippen molar-refractivity contribution in [3.8, 4) is 11.3 Å². The molecule has 1 aliphatic rings. The van der Waals surface area contributed by atoms with E-state index >= 15 is 0 Å². The molecule has 2 aromatic carbocycles. The first kappa shape index (κ1) is 15.3. The Morgan fingerprint density at radius 2 is 1.85 bits per heavy atom. The molecule has 6 heteroatoms. The Hall–Kier alpha value is -2.99. The zero-order valence-corrected chi connectivity index (χ0v) is 14.9. The van der Waals surface area contributed by atoms with Gasteiger partial charge in [-0.3, -0.25) is 5.43 Å². The monoisotopic (exact) mass is 359 g/mol. The molecule has 0 bridgehead atoms. The highest BCUT2D eigenvalue weighted by Gasteiger charge is 2.27. The van der Waals surface area contributed by atoms with E-state index in [0.717, 1.165) is 27.7 Å². The van der Waals surface area contributed by atoms with Crippen LogP contribution in [0.2, 0.25) is 0 Å². The highest BCUT2D eigenvalue weighted by atomic mass is 32.1. The van der Waals surface area contributed by atoms with Crippen molar-refractivity contribution in [1.29, 1.82) is 0 Å². The Labute approximate surface area is 155 Å². The zero-order chi connectivity index (χ0) is 17.3. The van der Waals surface area contributed by atoms with Crippen LogP contribution >= 0.6 is 11.3 Å². The number of thiazole rings is 1. The van der Waals surface area contributed by atoms with Gasteiger partial charge in [0.1, 0.15) is 0 Å². The number of nitrogens with zero attached hydrogens (tertiary/aromatic N) is 4. The van der Waals surface area contributed by atoms with E-state index in [9.17, 15) is 0 Å². The van der Waals surface area contributed by atoms with Crippen LogP contribution in [-0.2, 0) is 0 Å². The summed E-state index contributed by atoms with van der Waals surface area (Å²) in [7, 11) is 0. The molecule has 0 unspecified atom stereocenters. The molecular formula is C20H17N5S. The molecule has 1 fully saturated rings. The molecule has 0 amide bonds. The van der Waals surface area contributed by atoms with Gasteiger partial charge in [-0.25, -0.2) is 9.97 Å². The molecule has 4 aromatic rings. The molecule has 0 atom stereocenters. The Morgan fingerprint density at radius 1 is 1.04 bits per heavy atom. The summed E-state index contributed by atoms with van der Waals surface area (Å²) < 4.78 is 2.29. The second kappa shape index (κ2) is 6.38. The van der Waals surface area contributed by atoms with Crippen LogP contribution in [0.4, 0.5) is 5.13 Å². The Morgan fingerprint density at radius 3 is 2.69 bits per heavy atom. The molecule has 0 radical (unpaired) electrons. The smallest absolute Gasteiger partial charge is 0.203 e. The van der Waals surface area contributed by atoms with Crippen LogP contribution < -0.4 is 5.43 Å². The highest BCUT2D eigenvalue weighted by molar-refractivity contribution is 7.14. The normalized spacial score (nSPS) is 14.3. The van der Waals surface area contributed by atoms with Crippen LogP contribution in [0.1, 0.15) is 24.7 Å². The minimum absolute atomic E-state index is 0.549. The number of hydrogen-bond acceptors (Lipinski definition) is 5. The van der Waals surface area contributed by atoms with Gasteiger partial charge in [-0.2, -0.15) is 5.10 Å². The average molecular weight is 359 g/mol. The van der Waals surface area contributed by atoms with Crippen molar-refractivity contribution in [3.05, 3.63) is 65.8 Å². The first-order valence-corrected chi connectivity index (χ1v) is 9.53. The Kier molecular flexibility index (Phi) is 3.75. The molecule has 1 N–H and O–H groups in total. The van der Waals surface area contributed by atoms with Gasteiger partial charge in [0.05, 0.1) is 22.9 Å². The fourth-order valence-corrected chi connectivity index (χ4v) is 3.75. The quantitative estimate of drug-likeness (QED) is 0.405. The number of hydrazone groups is 1. The second-order valence-corrected chi connectivity index (χ2v) is 7.19. The van der Waals surface area contributed by atoms with Gasteiger partial charge in [0, 0.05) is 17.0 Å². The van der Waals surface area contributed by atoms with Gasteiger partial charge < -0.3 is 4.57 Å². The lowest BCUT2D eigenvalue weighted by Gasteiger charge is -2.03. The van der Waals surface area contributed by atoms with Crippen molar-refractivity contribution in [2.24, 2.45) is 5.10 Å². The van der Waals surface area contributed by atoms with Gasteiger partial charge >= 0.3 is 0 Å². The fraction of sp³-hybridized carbons (Fsp3) is 0.150. The lowest BCUT2D eigenvalue weighted by Crippen LogP contribution is -2.01. The van der Waals surface area contributed by atoms with Crippen molar-refractivity contribution < 1.29 is 0 Å². The summed E-state index contributed by atoms with van der Waals surface area (Å²) in [4.78, 5) is 9.31. The fourth-order valence-electron chi connectivity index (χ4n) is 3.08. The number of benzene rings is 2. The van der Waals surface area contributed by atoms with Crippen LogP contribution in [0.5, 0.6) is 0 Å². The number of para-hydroxylation sites is 2. The summed E-state index contributed by atoms with van der Waals surface area (Å²) in [6, 6.07) is 18.9. The number of aromatic nitrogens is 3. The van der Waals surface area contributed by atoms with Crippen molar-refractivity contribution in [2.45, 2.75) is 18.9 Å². The predicted octanol–water partition coefficient (Wildman–Crippen LogP) is 4.94. The van der Waals surface area contributed by atoms with Crippen LogP contribution in [0, 0.1) is 0 Å². The SMILES string of the molecule is C(=N\Nc1nc(-c2ccccc2)cs1)/c1nc2ccccc2n1C1CC1. The summed E-state index contributed by atoms with van der Waals surface area (Å²) in [6.45, 7) is 0. The van der Waals surface area contributed by atoms with E-state index in [2.05, 4.69) is 44.3 Å². The van der Waals surface area contributed by atoms with E-state index < -0.39 is 0 Å². The lowest BCUT2D eigenvalue weighted by atomic mass is 10.2. The molecule has 0 aliphatic heterocycles. The molecule has 1 saturated carbocycles. The molecule has 2 aromatic heterocycles. The molecule has 2 heterocycles. The maximum Gasteiger partial charge on any atom is 0.203 e. The number of rotatable bonds is 5. The predicted molar refractivity (Wildman–Crippen MR) is 107 cm³/mol. The highest BCUT2D eigenvalue weighted by Crippen LogP contribution is 2.38. The third kappa shape index (κ3) is 2.88. The van der Waals surface area contributed by atoms with Crippen LogP contribution in [0.15, 0.2) is 65.1 Å². The summed E-state index contributed by atoms with van der Waals surface area (Å²) in [5, 5.41) is 7.18. The van der Waals surface area contributed by atoms with Gasteiger partial charge in [-0.05, 0) is 25.0 Å². The van der Waals surface area contributed by atoms with E-state index in [0.29, 0.717) is 6.04 Å². The minimum atomic E-state index is 0.549. The summed E-state index contributed by atoms with van der Waals surface area (Å²) in [5.41, 5.74) is 7.30. The molecular weight excluding hydrogens is 342 g/mol. The third-order valence-electron chi connectivity index (χ3n) is 4.45. The van der Waals surface area contributed by atoms with Crippen molar-refractivity contribution in [3.63, 3.8) is 0 Å². The summed E-state index contributed by atoms with van der Waals surface area (Å²) in [5.74, 6) is 0.890. The minimum Gasteiger partial charge on any atom is -0.320 e. The topological polar surface area (TPSA) is 55.1 Å². The largest absolute Gasteiger partial charge is 0.320 e. The number of hydrogen-bond donors (Lipinski definition) is 1. The lowest BCUT2D eigenvalue weighted by molar-refractivity contribution is 0.759. The van der Waals surface area contributed by atoms with E-state index in [-0.39, 0.29) is 0 Å². The van der Waals surface area contributed by atoms with E-state index in [1.54, 1.807) is 17.6 Å². The zero-order valence-electron chi connectivity index (χ0n) is 14.0. The summed E-state index contributed by atoms with van der Waals surface area (Å²) >= 11 is 1.54. The van der Waals surface area contributed by atoms with Gasteiger partial charge in [-0.15, -0.1) is 11.3 Å². The molecule has 26 heavy (non-hydrogen) atoms. The first-order chi connectivity index (χ1) is 12.9. The number of anilines is 1. The maximum absolute atomic E-state index is 4.71. The van der Waals surface area contributed by atoms with E-state index in [4.69, 9.17) is 4.98 Å². The van der Waals surface area contributed by atoms with E-state index in [1.807, 2.05) is 35.7 Å². The second-order valence-electron chi connectivity index (χ2n) is 6.33. The van der Waals surface area contributed by atoms with Gasteiger partial charge in [-0.1, -0.05) is 42.5 Å². The van der Waals surface area contributed by atoms with Gasteiger partial charge in [0.15, 0.2) is 5.82 Å². The van der Waals surface area contributed by atoms with Crippen molar-refractivity contribution >= 4 is 33.7 Å². The van der Waals surface area contributed by atoms with Crippen LogP contribution in [0.3, 0.4) is 0 Å². The molecule has 128 valence electrons. The van der Waals surface area contributed by atoms with Crippen LogP contribution in [0.25, 0.3) is 22.3 Å². The number of nitrogens with one attached hydrogen (secondary N) is 1. The van der Waals surface area contributed by atoms with Crippen LogP contribution in [-0.4, -0.2) is 20.7 Å². The summed E-state index contributed by atoms with van der Waals surface area (Å²) in [6.07, 6.45) is 4.21. The molecule has 0 spiro atoms. The first-order valence-electron chi connectivity index (χ1n) is 8.65. The standard InChI is InChI=1S/C20H17N5S/c1-2-6-14(7-3-1)17-13-26-20(23-17)24-21-12-19-22-16-8-4-5-9-18(16)25(19)15-10-11-15/h1-9,12-13,15H,10-11H2,(H,23,24)/b21-12+. The number of fused-ring (bicyclic) bond motifs is 1. The molecule has 5 rings (SSSR count). The molecule has 5 nitrogen and oxygen atoms in total. The van der Waals surface area contributed by atoms with Crippen molar-refractivity contribution in [2.75, 3.05) is 5.43 Å². The van der Waals surface area contributed by atoms with Gasteiger partial charge in [0.25, 0.3) is 0 Å². The molecule has 1 aliphatic carbocycles. The molecule has 0 saturated heterocycles. The van der Waals surface area contributed by atoms with Crippen molar-refractivity contribution in [1.82, 2.24) is 14.5 Å². The maximum atomic E-state index is 4.71. The Balaban J connectivity index is 1.38. The third-order valence-corrected chi connectivity index (χ3v) is 5.20.